The molecule has 1 atom stereocenters. The summed E-state index contributed by atoms with van der Waals surface area (Å²) in [4.78, 5) is 0. The van der Waals surface area contributed by atoms with E-state index in [4.69, 9.17) is 4.74 Å². The molecule has 1 unspecified atom stereocenters. The SMILES string of the molecule is COC(C[Se]c1ccccc1)c1ccc(C)cc1. The predicted molar refractivity (Wildman–Crippen MR) is 77.6 cm³/mol. The van der Waals surface area contributed by atoms with E-state index in [1.807, 2.05) is 0 Å². The molecule has 0 spiro atoms. The zero-order chi connectivity index (χ0) is 12.8. The van der Waals surface area contributed by atoms with Gasteiger partial charge in [-0.05, 0) is 0 Å². The second-order valence-corrected chi connectivity index (χ2v) is 6.55. The van der Waals surface area contributed by atoms with Gasteiger partial charge in [0.2, 0.25) is 0 Å². The molecule has 1 nitrogen and oxygen atoms in total. The Morgan fingerprint density at radius 3 is 2.28 bits per heavy atom. The summed E-state index contributed by atoms with van der Waals surface area (Å²) in [6.45, 7) is 2.11. The van der Waals surface area contributed by atoms with Crippen LogP contribution in [0.5, 0.6) is 0 Å². The van der Waals surface area contributed by atoms with Crippen molar-refractivity contribution < 1.29 is 4.74 Å². The standard InChI is InChI=1S/C16H18OSe/c1-13-8-10-14(11-9-13)16(17-2)12-18-15-6-4-3-5-7-15/h3-11,16H,12H2,1-2H3. The number of aryl methyl sites for hydroxylation is 1. The first-order chi connectivity index (χ1) is 8.79. The molecule has 0 saturated carbocycles. The summed E-state index contributed by atoms with van der Waals surface area (Å²) in [6.07, 6.45) is 0.214. The Labute approximate surface area is 115 Å². The van der Waals surface area contributed by atoms with E-state index in [1.54, 1.807) is 7.11 Å². The van der Waals surface area contributed by atoms with Gasteiger partial charge in [-0.1, -0.05) is 0 Å². The molecule has 2 aromatic carbocycles. The Kier molecular flexibility index (Phi) is 5.00. The van der Waals surface area contributed by atoms with Gasteiger partial charge in [0.05, 0.1) is 0 Å². The molecule has 0 bridgehead atoms. The van der Waals surface area contributed by atoms with Crippen LogP contribution in [0.25, 0.3) is 0 Å². The van der Waals surface area contributed by atoms with Crippen molar-refractivity contribution in [1.29, 1.82) is 0 Å². The molecule has 0 aliphatic heterocycles. The Morgan fingerprint density at radius 1 is 1.00 bits per heavy atom. The number of ether oxygens (including phenoxy) is 1. The predicted octanol–water partition coefficient (Wildman–Crippen LogP) is 3.13. The van der Waals surface area contributed by atoms with Gasteiger partial charge in [-0.3, -0.25) is 0 Å². The molecule has 0 amide bonds. The minimum absolute atomic E-state index is 0.214. The first-order valence-electron chi connectivity index (χ1n) is 6.07. The molecule has 0 heterocycles. The molecule has 2 rings (SSSR count). The number of methoxy groups -OCH3 is 1. The van der Waals surface area contributed by atoms with E-state index in [1.165, 1.54) is 15.6 Å². The van der Waals surface area contributed by atoms with Crippen LogP contribution < -0.4 is 4.46 Å². The van der Waals surface area contributed by atoms with Gasteiger partial charge >= 0.3 is 115 Å². The number of benzene rings is 2. The molecule has 18 heavy (non-hydrogen) atoms. The molecular weight excluding hydrogens is 287 g/mol. The van der Waals surface area contributed by atoms with Crippen molar-refractivity contribution in [1.82, 2.24) is 0 Å². The van der Waals surface area contributed by atoms with E-state index in [0.29, 0.717) is 15.0 Å². The van der Waals surface area contributed by atoms with Crippen LogP contribution in [-0.4, -0.2) is 22.1 Å². The summed E-state index contributed by atoms with van der Waals surface area (Å²) in [5.74, 6) is 0. The van der Waals surface area contributed by atoms with Crippen molar-refractivity contribution >= 4 is 19.4 Å². The van der Waals surface area contributed by atoms with E-state index >= 15 is 0 Å². The van der Waals surface area contributed by atoms with Crippen LogP contribution in [0, 0.1) is 6.92 Å². The third-order valence-electron chi connectivity index (χ3n) is 2.88. The Morgan fingerprint density at radius 2 is 1.67 bits per heavy atom. The first kappa shape index (κ1) is 13.4. The van der Waals surface area contributed by atoms with Gasteiger partial charge < -0.3 is 0 Å². The van der Waals surface area contributed by atoms with Crippen molar-refractivity contribution in [3.63, 3.8) is 0 Å². The van der Waals surface area contributed by atoms with Crippen molar-refractivity contribution in [3.8, 4) is 0 Å². The first-order valence-corrected chi connectivity index (χ1v) is 8.13. The quantitative estimate of drug-likeness (QED) is 0.771. The number of hydrogen-bond donors (Lipinski definition) is 0. The molecule has 2 heteroatoms. The zero-order valence-corrected chi connectivity index (χ0v) is 12.5. The fraction of sp³-hybridized carbons (Fsp3) is 0.250. The zero-order valence-electron chi connectivity index (χ0n) is 10.8. The van der Waals surface area contributed by atoms with Crippen LogP contribution >= 0.6 is 0 Å². The number of rotatable bonds is 5. The van der Waals surface area contributed by atoms with Crippen LogP contribution in [0.3, 0.4) is 0 Å². The maximum atomic E-state index is 5.61. The normalized spacial score (nSPS) is 12.3. The molecule has 0 aliphatic rings. The summed E-state index contributed by atoms with van der Waals surface area (Å²) in [5.41, 5.74) is 2.57. The van der Waals surface area contributed by atoms with Crippen molar-refractivity contribution in [3.05, 3.63) is 65.7 Å². The van der Waals surface area contributed by atoms with E-state index in [0.717, 1.165) is 5.32 Å². The van der Waals surface area contributed by atoms with Crippen LogP contribution in [0.15, 0.2) is 54.6 Å². The van der Waals surface area contributed by atoms with Crippen LogP contribution in [0.2, 0.25) is 5.32 Å². The van der Waals surface area contributed by atoms with Crippen molar-refractivity contribution in [2.75, 3.05) is 7.11 Å². The van der Waals surface area contributed by atoms with Gasteiger partial charge in [-0.15, -0.1) is 0 Å². The molecule has 0 saturated heterocycles. The average Bonchev–Trinajstić information content (AvgIpc) is 2.42. The fourth-order valence-corrected chi connectivity index (χ4v) is 3.91. The molecular formula is C16H18OSe. The molecule has 0 radical (unpaired) electrons. The molecule has 94 valence electrons. The molecule has 0 N–H and O–H groups in total. The van der Waals surface area contributed by atoms with Crippen LogP contribution in [0.4, 0.5) is 0 Å². The van der Waals surface area contributed by atoms with E-state index < -0.39 is 0 Å². The summed E-state index contributed by atoms with van der Waals surface area (Å²) in [6, 6.07) is 19.3. The topological polar surface area (TPSA) is 9.23 Å². The summed E-state index contributed by atoms with van der Waals surface area (Å²) in [5, 5.41) is 1.08. The number of hydrogen-bond acceptors (Lipinski definition) is 1. The molecule has 0 fully saturated rings. The monoisotopic (exact) mass is 306 g/mol. The molecule has 0 aromatic heterocycles. The molecule has 0 aliphatic carbocycles. The second kappa shape index (κ2) is 6.75. The third kappa shape index (κ3) is 3.71. The van der Waals surface area contributed by atoms with E-state index in [-0.39, 0.29) is 6.10 Å². The van der Waals surface area contributed by atoms with Gasteiger partial charge in [0.25, 0.3) is 0 Å². The average molecular weight is 305 g/mol. The summed E-state index contributed by atoms with van der Waals surface area (Å²) < 4.78 is 7.04. The van der Waals surface area contributed by atoms with Crippen molar-refractivity contribution in [2.24, 2.45) is 0 Å². The van der Waals surface area contributed by atoms with Crippen LogP contribution in [0.1, 0.15) is 17.2 Å². The Bertz CT molecular complexity index is 464. The Balaban J connectivity index is 1.99. The van der Waals surface area contributed by atoms with Gasteiger partial charge in [0.1, 0.15) is 0 Å². The van der Waals surface area contributed by atoms with Gasteiger partial charge in [-0.2, -0.15) is 0 Å². The Hall–Kier alpha value is -1.08. The second-order valence-electron chi connectivity index (χ2n) is 4.26. The van der Waals surface area contributed by atoms with Gasteiger partial charge in [0.15, 0.2) is 0 Å². The van der Waals surface area contributed by atoms with Crippen LogP contribution in [-0.2, 0) is 4.74 Å². The van der Waals surface area contributed by atoms with E-state index in [2.05, 4.69) is 61.5 Å². The van der Waals surface area contributed by atoms with Gasteiger partial charge in [-0.25, -0.2) is 0 Å². The van der Waals surface area contributed by atoms with Gasteiger partial charge in [0, 0.05) is 0 Å². The summed E-state index contributed by atoms with van der Waals surface area (Å²) in [7, 11) is 1.80. The third-order valence-corrected chi connectivity index (χ3v) is 5.13. The van der Waals surface area contributed by atoms with Crippen molar-refractivity contribution in [2.45, 2.75) is 18.3 Å². The maximum absolute atomic E-state index is 5.61. The molecule has 2 aromatic rings. The fourth-order valence-electron chi connectivity index (χ4n) is 1.77. The summed E-state index contributed by atoms with van der Waals surface area (Å²) >= 11 is 0.465. The van der Waals surface area contributed by atoms with E-state index in [9.17, 15) is 0 Å². The minimum atomic E-state index is 0.214.